The van der Waals surface area contributed by atoms with Gasteiger partial charge < -0.3 is 9.47 Å². The predicted molar refractivity (Wildman–Crippen MR) is 64.5 cm³/mol. The minimum absolute atomic E-state index is 0.325. The van der Waals surface area contributed by atoms with Crippen LogP contribution in [0.15, 0.2) is 0 Å². The predicted octanol–water partition coefficient (Wildman–Crippen LogP) is 1.26. The molecular weight excluding hydrogens is 222 g/mol. The average Bonchev–Trinajstić information content (AvgIpc) is 2.15. The van der Waals surface area contributed by atoms with Crippen molar-refractivity contribution in [2.24, 2.45) is 0 Å². The van der Waals surface area contributed by atoms with Crippen molar-refractivity contribution in [3.05, 3.63) is 0 Å². The topological polar surface area (TPSA) is 64.6 Å². The van der Waals surface area contributed by atoms with Gasteiger partial charge in [0.25, 0.3) is 0 Å². The Balaban J connectivity index is 4.20. The summed E-state index contributed by atoms with van der Waals surface area (Å²) in [4.78, 5) is 23.0. The Morgan fingerprint density at radius 2 is 1.59 bits per heavy atom. The highest BCUT2D eigenvalue weighted by atomic mass is 16.6. The maximum atomic E-state index is 11.6. The molecule has 0 radical (unpaired) electrons. The third-order valence-electron chi connectivity index (χ3n) is 1.90. The molecule has 0 saturated carbocycles. The van der Waals surface area contributed by atoms with E-state index < -0.39 is 17.7 Å². The summed E-state index contributed by atoms with van der Waals surface area (Å²) in [5.41, 5.74) is -0.528. The van der Waals surface area contributed by atoms with Crippen LogP contribution in [0.1, 0.15) is 41.5 Å². The number of carbonyl (C=O) groups is 2. The van der Waals surface area contributed by atoms with E-state index in [1.54, 1.807) is 41.5 Å². The van der Waals surface area contributed by atoms with Gasteiger partial charge in [-0.15, -0.1) is 0 Å². The molecule has 0 rings (SSSR count). The molecule has 0 aromatic carbocycles. The van der Waals surface area contributed by atoms with Crippen molar-refractivity contribution >= 4 is 11.9 Å². The summed E-state index contributed by atoms with van der Waals surface area (Å²) < 4.78 is 10.0. The standard InChI is InChI=1S/C12H23NO4/c1-7-16-10(14)8(2)13-9(3)11(15)17-12(4,5)6/h8-9,13H,7H2,1-6H3. The molecule has 0 heterocycles. The van der Waals surface area contributed by atoms with Crippen LogP contribution in [0.4, 0.5) is 0 Å². The summed E-state index contributed by atoms with van der Waals surface area (Å²) in [6.07, 6.45) is 0. The smallest absolute Gasteiger partial charge is 0.323 e. The zero-order valence-corrected chi connectivity index (χ0v) is 11.5. The number of hydrogen-bond acceptors (Lipinski definition) is 5. The fourth-order valence-electron chi connectivity index (χ4n) is 1.17. The van der Waals surface area contributed by atoms with Crippen LogP contribution in [0.5, 0.6) is 0 Å². The first-order valence-corrected chi connectivity index (χ1v) is 5.83. The second kappa shape index (κ2) is 6.59. The van der Waals surface area contributed by atoms with Crippen LogP contribution in [0.25, 0.3) is 0 Å². The van der Waals surface area contributed by atoms with E-state index in [9.17, 15) is 9.59 Å². The molecule has 0 saturated heterocycles. The second-order valence-electron chi connectivity index (χ2n) is 4.90. The molecule has 2 unspecified atom stereocenters. The van der Waals surface area contributed by atoms with E-state index >= 15 is 0 Å². The number of nitrogens with one attached hydrogen (secondary N) is 1. The number of carbonyl (C=O) groups excluding carboxylic acids is 2. The normalized spacial score (nSPS) is 14.9. The second-order valence-corrected chi connectivity index (χ2v) is 4.90. The largest absolute Gasteiger partial charge is 0.465 e. The number of hydrogen-bond donors (Lipinski definition) is 1. The molecule has 0 aromatic rings. The van der Waals surface area contributed by atoms with E-state index in [0.717, 1.165) is 0 Å². The van der Waals surface area contributed by atoms with Gasteiger partial charge in [0.05, 0.1) is 6.61 Å². The molecule has 0 amide bonds. The van der Waals surface area contributed by atoms with Gasteiger partial charge in [0.1, 0.15) is 17.7 Å². The van der Waals surface area contributed by atoms with Gasteiger partial charge in [-0.2, -0.15) is 0 Å². The summed E-state index contributed by atoms with van der Waals surface area (Å²) in [7, 11) is 0. The highest BCUT2D eigenvalue weighted by Crippen LogP contribution is 2.08. The molecule has 5 nitrogen and oxygen atoms in total. The molecule has 0 bridgehead atoms. The van der Waals surface area contributed by atoms with E-state index in [4.69, 9.17) is 9.47 Å². The lowest BCUT2D eigenvalue weighted by Gasteiger charge is -2.24. The van der Waals surface area contributed by atoms with E-state index in [1.165, 1.54) is 0 Å². The maximum Gasteiger partial charge on any atom is 0.323 e. The van der Waals surface area contributed by atoms with Crippen LogP contribution in [0, 0.1) is 0 Å². The molecule has 17 heavy (non-hydrogen) atoms. The summed E-state index contributed by atoms with van der Waals surface area (Å²) in [5, 5.41) is 2.84. The Morgan fingerprint density at radius 1 is 1.12 bits per heavy atom. The highest BCUT2D eigenvalue weighted by Gasteiger charge is 2.25. The lowest BCUT2D eigenvalue weighted by molar-refractivity contribution is -0.157. The molecule has 1 N–H and O–H groups in total. The molecule has 0 aliphatic carbocycles. The minimum atomic E-state index is -0.548. The molecule has 5 heteroatoms. The quantitative estimate of drug-likeness (QED) is 0.739. The van der Waals surface area contributed by atoms with Crippen molar-refractivity contribution < 1.29 is 19.1 Å². The Kier molecular flexibility index (Phi) is 6.16. The monoisotopic (exact) mass is 245 g/mol. The van der Waals surface area contributed by atoms with Crippen molar-refractivity contribution in [3.63, 3.8) is 0 Å². The number of esters is 2. The van der Waals surface area contributed by atoms with Gasteiger partial charge >= 0.3 is 11.9 Å². The number of rotatable bonds is 5. The van der Waals surface area contributed by atoms with Gasteiger partial charge in [-0.25, -0.2) is 0 Å². The van der Waals surface area contributed by atoms with Crippen LogP contribution < -0.4 is 5.32 Å². The van der Waals surface area contributed by atoms with Gasteiger partial charge in [-0.3, -0.25) is 14.9 Å². The van der Waals surface area contributed by atoms with Crippen LogP contribution in [0.2, 0.25) is 0 Å². The maximum absolute atomic E-state index is 11.6. The van der Waals surface area contributed by atoms with Gasteiger partial charge in [0.2, 0.25) is 0 Å². The highest BCUT2D eigenvalue weighted by molar-refractivity contribution is 5.79. The summed E-state index contributed by atoms with van der Waals surface area (Å²) >= 11 is 0. The third kappa shape index (κ3) is 6.94. The Hall–Kier alpha value is -1.10. The van der Waals surface area contributed by atoms with Crippen molar-refractivity contribution in [1.82, 2.24) is 5.32 Å². The van der Waals surface area contributed by atoms with Gasteiger partial charge in [0.15, 0.2) is 0 Å². The van der Waals surface area contributed by atoms with Crippen LogP contribution in [-0.4, -0.2) is 36.2 Å². The van der Waals surface area contributed by atoms with Crippen molar-refractivity contribution in [1.29, 1.82) is 0 Å². The zero-order chi connectivity index (χ0) is 13.6. The van der Waals surface area contributed by atoms with Crippen molar-refractivity contribution in [3.8, 4) is 0 Å². The lowest BCUT2D eigenvalue weighted by atomic mass is 10.2. The minimum Gasteiger partial charge on any atom is -0.465 e. The van der Waals surface area contributed by atoms with E-state index in [-0.39, 0.29) is 11.9 Å². The van der Waals surface area contributed by atoms with Crippen molar-refractivity contribution in [2.75, 3.05) is 6.61 Å². The molecule has 0 aromatic heterocycles. The summed E-state index contributed by atoms with van der Waals surface area (Å²) in [6.45, 7) is 10.8. The van der Waals surface area contributed by atoms with E-state index in [0.29, 0.717) is 6.61 Å². The fraction of sp³-hybridized carbons (Fsp3) is 0.833. The molecule has 0 aliphatic rings. The van der Waals surface area contributed by atoms with Gasteiger partial charge in [-0.1, -0.05) is 0 Å². The van der Waals surface area contributed by atoms with Crippen LogP contribution in [-0.2, 0) is 19.1 Å². The van der Waals surface area contributed by atoms with Crippen molar-refractivity contribution in [2.45, 2.75) is 59.2 Å². The first-order valence-electron chi connectivity index (χ1n) is 5.83. The zero-order valence-electron chi connectivity index (χ0n) is 11.5. The summed E-state index contributed by atoms with van der Waals surface area (Å²) in [6, 6.07) is -1.08. The molecular formula is C12H23NO4. The Labute approximate surface area is 103 Å². The molecule has 2 atom stereocenters. The molecule has 100 valence electrons. The van der Waals surface area contributed by atoms with Gasteiger partial charge in [0, 0.05) is 0 Å². The fourth-order valence-corrected chi connectivity index (χ4v) is 1.17. The van der Waals surface area contributed by atoms with Gasteiger partial charge in [-0.05, 0) is 41.5 Å². The first kappa shape index (κ1) is 15.9. The first-order chi connectivity index (χ1) is 7.67. The van der Waals surface area contributed by atoms with Crippen LogP contribution >= 0.6 is 0 Å². The molecule has 0 aliphatic heterocycles. The summed E-state index contributed by atoms with van der Waals surface area (Å²) in [5.74, 6) is -0.753. The Morgan fingerprint density at radius 3 is 2.00 bits per heavy atom. The van der Waals surface area contributed by atoms with E-state index in [1.807, 2.05) is 0 Å². The number of ether oxygens (including phenoxy) is 2. The third-order valence-corrected chi connectivity index (χ3v) is 1.90. The average molecular weight is 245 g/mol. The molecule has 0 spiro atoms. The SMILES string of the molecule is CCOC(=O)C(C)NC(C)C(=O)OC(C)(C)C. The van der Waals surface area contributed by atoms with Crippen LogP contribution in [0.3, 0.4) is 0 Å². The van der Waals surface area contributed by atoms with E-state index in [2.05, 4.69) is 5.32 Å². The lowest BCUT2D eigenvalue weighted by Crippen LogP contribution is -2.46. The molecule has 0 fully saturated rings. The Bertz CT molecular complexity index is 270.